The van der Waals surface area contributed by atoms with Crippen LogP contribution in [0.1, 0.15) is 0 Å². The Hall–Kier alpha value is -2.94. The van der Waals surface area contributed by atoms with Crippen molar-refractivity contribution in [3.63, 3.8) is 0 Å². The van der Waals surface area contributed by atoms with Crippen LogP contribution in [0, 0.1) is 11.3 Å². The fraction of sp³-hybridized carbons (Fsp3) is 0.0769. The van der Waals surface area contributed by atoms with Crippen LogP contribution in [0.3, 0.4) is 0 Å². The van der Waals surface area contributed by atoms with Crippen LogP contribution in [0.2, 0.25) is 0 Å². The minimum atomic E-state index is -0.845. The number of amides is 2. The van der Waals surface area contributed by atoms with Crippen molar-refractivity contribution >= 4 is 28.3 Å². The zero-order valence-electron chi connectivity index (χ0n) is 9.88. The van der Waals surface area contributed by atoms with Crippen LogP contribution >= 0.6 is 0 Å². The summed E-state index contributed by atoms with van der Waals surface area (Å²) in [4.78, 5) is 26.9. The number of nitrogens with zero attached hydrogens (tertiary/aromatic N) is 2. The van der Waals surface area contributed by atoms with Crippen molar-refractivity contribution in [3.05, 3.63) is 36.7 Å². The van der Waals surface area contributed by atoms with E-state index in [1.54, 1.807) is 36.7 Å². The molecule has 19 heavy (non-hydrogen) atoms. The molecule has 0 saturated carbocycles. The van der Waals surface area contributed by atoms with Crippen LogP contribution in [-0.4, -0.2) is 23.3 Å². The van der Waals surface area contributed by atoms with Crippen LogP contribution < -0.4 is 10.6 Å². The summed E-state index contributed by atoms with van der Waals surface area (Å²) in [5, 5.41) is 14.6. The molecular formula is C13H10N4O2. The van der Waals surface area contributed by atoms with E-state index in [0.29, 0.717) is 5.69 Å². The first-order valence-electron chi connectivity index (χ1n) is 5.51. The molecule has 0 aliphatic rings. The molecule has 0 atom stereocenters. The van der Waals surface area contributed by atoms with Gasteiger partial charge in [0.1, 0.15) is 6.54 Å². The number of nitrogens with one attached hydrogen (secondary N) is 2. The fourth-order valence-electron chi connectivity index (χ4n) is 1.60. The Bertz CT molecular complexity index is 670. The van der Waals surface area contributed by atoms with E-state index in [1.807, 2.05) is 6.07 Å². The number of aromatic nitrogens is 1. The lowest BCUT2D eigenvalue weighted by atomic mass is 10.1. The quantitative estimate of drug-likeness (QED) is 0.612. The lowest BCUT2D eigenvalue weighted by molar-refractivity contribution is -0.136. The van der Waals surface area contributed by atoms with Crippen molar-refractivity contribution in [1.82, 2.24) is 10.3 Å². The summed E-state index contributed by atoms with van der Waals surface area (Å²) in [5.74, 6) is -1.66. The highest BCUT2D eigenvalue weighted by atomic mass is 16.2. The number of rotatable bonds is 2. The summed E-state index contributed by atoms with van der Waals surface area (Å²) in [5.41, 5.74) is 0.503. The maximum absolute atomic E-state index is 11.6. The van der Waals surface area contributed by atoms with Gasteiger partial charge in [0.15, 0.2) is 0 Å². The van der Waals surface area contributed by atoms with Gasteiger partial charge in [0, 0.05) is 17.8 Å². The first-order valence-corrected chi connectivity index (χ1v) is 5.51. The normalized spacial score (nSPS) is 9.63. The Balaban J connectivity index is 2.20. The first kappa shape index (κ1) is 12.5. The highest BCUT2D eigenvalue weighted by molar-refractivity contribution is 6.40. The van der Waals surface area contributed by atoms with Crippen molar-refractivity contribution < 1.29 is 9.59 Å². The average Bonchev–Trinajstić information content (AvgIpc) is 2.45. The Kier molecular flexibility index (Phi) is 3.69. The molecule has 1 aromatic carbocycles. The molecule has 0 bridgehead atoms. The molecule has 0 aliphatic carbocycles. The van der Waals surface area contributed by atoms with Crippen molar-refractivity contribution in [2.24, 2.45) is 0 Å². The molecule has 0 fully saturated rings. The first-order chi connectivity index (χ1) is 9.22. The molecule has 6 heteroatoms. The Labute approximate surface area is 109 Å². The number of carbonyl (C=O) groups is 2. The van der Waals surface area contributed by atoms with E-state index in [0.717, 1.165) is 10.8 Å². The highest BCUT2D eigenvalue weighted by Gasteiger charge is 2.13. The Morgan fingerprint density at radius 1 is 1.26 bits per heavy atom. The lowest BCUT2D eigenvalue weighted by Crippen LogP contribution is -2.35. The number of hydrogen-bond acceptors (Lipinski definition) is 4. The number of fused-ring (bicyclic) bond motifs is 1. The number of benzene rings is 1. The second-order valence-electron chi connectivity index (χ2n) is 3.70. The van der Waals surface area contributed by atoms with Gasteiger partial charge in [-0.3, -0.25) is 14.6 Å². The molecule has 2 aromatic rings. The maximum Gasteiger partial charge on any atom is 0.313 e. The molecule has 1 heterocycles. The summed E-state index contributed by atoms with van der Waals surface area (Å²) >= 11 is 0. The number of hydrogen-bond donors (Lipinski definition) is 2. The predicted octanol–water partition coefficient (Wildman–Crippen LogP) is 0.813. The van der Waals surface area contributed by atoms with E-state index in [4.69, 9.17) is 5.26 Å². The van der Waals surface area contributed by atoms with Crippen molar-refractivity contribution in [2.75, 3.05) is 11.9 Å². The van der Waals surface area contributed by atoms with Gasteiger partial charge in [0.2, 0.25) is 0 Å². The SMILES string of the molecule is N#CCNC(=O)C(=O)Nc1cccc2ccncc12. The van der Waals surface area contributed by atoms with Gasteiger partial charge in [0.05, 0.1) is 11.8 Å². The highest BCUT2D eigenvalue weighted by Crippen LogP contribution is 2.21. The molecule has 2 amide bonds. The summed E-state index contributed by atoms with van der Waals surface area (Å²) in [6.45, 7) is -0.205. The predicted molar refractivity (Wildman–Crippen MR) is 69.0 cm³/mol. The minimum Gasteiger partial charge on any atom is -0.335 e. The van der Waals surface area contributed by atoms with E-state index >= 15 is 0 Å². The molecule has 6 nitrogen and oxygen atoms in total. The van der Waals surface area contributed by atoms with Crippen LogP contribution in [0.5, 0.6) is 0 Å². The molecule has 94 valence electrons. The van der Waals surface area contributed by atoms with Gasteiger partial charge in [-0.15, -0.1) is 0 Å². The molecule has 0 aliphatic heterocycles. The molecule has 0 spiro atoms. The summed E-state index contributed by atoms with van der Waals surface area (Å²) in [7, 11) is 0. The number of anilines is 1. The van der Waals surface area contributed by atoms with Crippen LogP contribution in [-0.2, 0) is 9.59 Å². The van der Waals surface area contributed by atoms with Crippen LogP contribution in [0.25, 0.3) is 10.8 Å². The zero-order valence-corrected chi connectivity index (χ0v) is 9.88. The summed E-state index contributed by atoms with van der Waals surface area (Å²) in [6.07, 6.45) is 3.26. The zero-order chi connectivity index (χ0) is 13.7. The van der Waals surface area contributed by atoms with Gasteiger partial charge in [-0.2, -0.15) is 5.26 Å². The second-order valence-corrected chi connectivity index (χ2v) is 3.70. The minimum absolute atomic E-state index is 0.205. The third kappa shape index (κ3) is 2.84. The van der Waals surface area contributed by atoms with Gasteiger partial charge in [-0.1, -0.05) is 12.1 Å². The van der Waals surface area contributed by atoms with Crippen molar-refractivity contribution in [2.45, 2.75) is 0 Å². The topological polar surface area (TPSA) is 94.9 Å². The third-order valence-corrected chi connectivity index (χ3v) is 2.47. The van der Waals surface area contributed by atoms with Crippen molar-refractivity contribution in [1.29, 1.82) is 5.26 Å². The van der Waals surface area contributed by atoms with Gasteiger partial charge in [-0.25, -0.2) is 0 Å². The number of carbonyl (C=O) groups excluding carboxylic acids is 2. The Morgan fingerprint density at radius 3 is 2.89 bits per heavy atom. The number of nitriles is 1. The lowest BCUT2D eigenvalue weighted by Gasteiger charge is -2.07. The van der Waals surface area contributed by atoms with E-state index < -0.39 is 11.8 Å². The van der Waals surface area contributed by atoms with Gasteiger partial charge in [0.25, 0.3) is 0 Å². The molecule has 2 N–H and O–H groups in total. The van der Waals surface area contributed by atoms with E-state index in [-0.39, 0.29) is 6.54 Å². The largest absolute Gasteiger partial charge is 0.335 e. The monoisotopic (exact) mass is 254 g/mol. The van der Waals surface area contributed by atoms with Gasteiger partial charge in [-0.05, 0) is 17.5 Å². The molecule has 1 aromatic heterocycles. The smallest absolute Gasteiger partial charge is 0.313 e. The van der Waals surface area contributed by atoms with E-state index in [1.165, 1.54) is 0 Å². The van der Waals surface area contributed by atoms with Gasteiger partial charge >= 0.3 is 11.8 Å². The molecule has 2 rings (SSSR count). The van der Waals surface area contributed by atoms with E-state index in [2.05, 4.69) is 15.6 Å². The number of pyridine rings is 1. The fourth-order valence-corrected chi connectivity index (χ4v) is 1.60. The van der Waals surface area contributed by atoms with E-state index in [9.17, 15) is 9.59 Å². The average molecular weight is 254 g/mol. The third-order valence-electron chi connectivity index (χ3n) is 2.47. The molecule has 0 radical (unpaired) electrons. The Morgan fingerprint density at radius 2 is 2.11 bits per heavy atom. The molecule has 0 saturated heterocycles. The molecular weight excluding hydrogens is 244 g/mol. The summed E-state index contributed by atoms with van der Waals surface area (Å²) < 4.78 is 0. The van der Waals surface area contributed by atoms with Crippen molar-refractivity contribution in [3.8, 4) is 6.07 Å². The standard InChI is InChI=1S/C13H10N4O2/c14-5-7-16-12(18)13(19)17-11-3-1-2-9-4-6-15-8-10(9)11/h1-4,6,8H,7H2,(H,16,18)(H,17,19). The second kappa shape index (κ2) is 5.60. The van der Waals surface area contributed by atoms with Crippen LogP contribution in [0.15, 0.2) is 36.7 Å². The van der Waals surface area contributed by atoms with Crippen LogP contribution in [0.4, 0.5) is 5.69 Å². The summed E-state index contributed by atoms with van der Waals surface area (Å²) in [6, 6.07) is 8.86. The maximum atomic E-state index is 11.6. The van der Waals surface area contributed by atoms with Gasteiger partial charge < -0.3 is 10.6 Å². The molecule has 0 unspecified atom stereocenters.